The third kappa shape index (κ3) is 4.17. The molecule has 0 saturated heterocycles. The molecule has 0 atom stereocenters. The van der Waals surface area contributed by atoms with Crippen molar-refractivity contribution in [3.8, 4) is 23.6 Å². The van der Waals surface area contributed by atoms with Crippen LogP contribution < -0.4 is 9.47 Å². The van der Waals surface area contributed by atoms with E-state index >= 15 is 0 Å². The van der Waals surface area contributed by atoms with Crippen molar-refractivity contribution in [2.75, 3.05) is 14.2 Å². The number of allylic oxidation sites excluding steroid dienone is 5. The average Bonchev–Trinajstić information content (AvgIpc) is 3.33. The van der Waals surface area contributed by atoms with Gasteiger partial charge in [-0.05, 0) is 47.4 Å². The van der Waals surface area contributed by atoms with Crippen LogP contribution in [0.5, 0.6) is 11.5 Å². The van der Waals surface area contributed by atoms with E-state index in [4.69, 9.17) is 9.47 Å². The zero-order chi connectivity index (χ0) is 21.5. The molecule has 6 nitrogen and oxygen atoms in total. The molecule has 2 heterocycles. The van der Waals surface area contributed by atoms with E-state index in [-0.39, 0.29) is 11.4 Å². The van der Waals surface area contributed by atoms with Crippen LogP contribution in [0.15, 0.2) is 77.1 Å². The van der Waals surface area contributed by atoms with Gasteiger partial charge in [-0.25, -0.2) is 0 Å². The lowest BCUT2D eigenvalue weighted by Crippen LogP contribution is -2.23. The van der Waals surface area contributed by atoms with Crippen molar-refractivity contribution in [3.05, 3.63) is 87.5 Å². The van der Waals surface area contributed by atoms with Crippen molar-refractivity contribution in [1.29, 1.82) is 10.5 Å². The number of Topliss-reactive ketones (excluding diaryl/α,β-unsaturated/α-hetero) is 1. The Balaban J connectivity index is 2.18. The Morgan fingerprint density at radius 1 is 1.10 bits per heavy atom. The molecule has 0 unspecified atom stereocenters. The molecule has 0 N–H and O–H groups in total. The largest absolute Gasteiger partial charge is 0.493 e. The summed E-state index contributed by atoms with van der Waals surface area (Å²) in [5, 5.41) is 20.6. The van der Waals surface area contributed by atoms with Crippen molar-refractivity contribution in [2.24, 2.45) is 0 Å². The van der Waals surface area contributed by atoms with Gasteiger partial charge in [0.05, 0.1) is 30.5 Å². The Morgan fingerprint density at radius 2 is 1.87 bits per heavy atom. The summed E-state index contributed by atoms with van der Waals surface area (Å²) >= 11 is 1.32. The Labute approximate surface area is 178 Å². The van der Waals surface area contributed by atoms with Crippen LogP contribution in [0.25, 0.3) is 6.08 Å². The third-order valence-corrected chi connectivity index (χ3v) is 5.16. The minimum Gasteiger partial charge on any atom is -0.493 e. The molecule has 148 valence electrons. The Kier molecular flexibility index (Phi) is 6.49. The van der Waals surface area contributed by atoms with Crippen LogP contribution in [0.4, 0.5) is 0 Å². The number of thiophene rings is 1. The maximum atomic E-state index is 13.3. The fourth-order valence-corrected chi connectivity index (χ4v) is 3.55. The van der Waals surface area contributed by atoms with Gasteiger partial charge in [0, 0.05) is 6.20 Å². The van der Waals surface area contributed by atoms with Crippen molar-refractivity contribution >= 4 is 23.2 Å². The highest BCUT2D eigenvalue weighted by Gasteiger charge is 2.24. The molecule has 2 aromatic rings. The number of hydrogen-bond donors (Lipinski definition) is 0. The second-order valence-electron chi connectivity index (χ2n) is 6.00. The van der Waals surface area contributed by atoms with E-state index in [9.17, 15) is 15.3 Å². The fourth-order valence-electron chi connectivity index (χ4n) is 2.88. The first-order valence-corrected chi connectivity index (χ1v) is 9.71. The molecule has 1 aromatic carbocycles. The molecule has 0 fully saturated rings. The van der Waals surface area contributed by atoms with Gasteiger partial charge in [0.1, 0.15) is 12.1 Å². The first-order valence-electron chi connectivity index (χ1n) is 8.83. The highest BCUT2D eigenvalue weighted by Crippen LogP contribution is 2.31. The number of benzene rings is 1. The monoisotopic (exact) mass is 415 g/mol. The van der Waals surface area contributed by atoms with Gasteiger partial charge in [-0.15, -0.1) is 11.3 Å². The van der Waals surface area contributed by atoms with E-state index < -0.39 is 0 Å². The fraction of sp³-hybridized carbons (Fsp3) is 0.0870. The Hall–Kier alpha value is -4.07. The van der Waals surface area contributed by atoms with E-state index in [1.54, 1.807) is 72.8 Å². The van der Waals surface area contributed by atoms with E-state index in [2.05, 4.69) is 0 Å². The predicted molar refractivity (Wildman–Crippen MR) is 115 cm³/mol. The number of carbonyl (C=O) groups excluding carboxylic acids is 1. The maximum absolute atomic E-state index is 13.3. The number of methoxy groups -OCH3 is 2. The molecule has 0 radical (unpaired) electrons. The van der Waals surface area contributed by atoms with Gasteiger partial charge in [-0.1, -0.05) is 18.2 Å². The second-order valence-corrected chi connectivity index (χ2v) is 6.95. The van der Waals surface area contributed by atoms with Gasteiger partial charge in [-0.2, -0.15) is 10.5 Å². The molecular formula is C23H17N3O3S. The van der Waals surface area contributed by atoms with Gasteiger partial charge in [0.2, 0.25) is 5.78 Å². The van der Waals surface area contributed by atoms with Gasteiger partial charge in [-0.3, -0.25) is 4.79 Å². The average molecular weight is 415 g/mol. The van der Waals surface area contributed by atoms with Gasteiger partial charge < -0.3 is 14.4 Å². The molecular weight excluding hydrogens is 398 g/mol. The quantitative estimate of drug-likeness (QED) is 0.387. The minimum absolute atomic E-state index is 0.0900. The first kappa shape index (κ1) is 20.7. The van der Waals surface area contributed by atoms with Crippen molar-refractivity contribution in [1.82, 2.24) is 4.90 Å². The summed E-state index contributed by atoms with van der Waals surface area (Å²) in [5.74, 6) is 0.861. The van der Waals surface area contributed by atoms with Crippen molar-refractivity contribution < 1.29 is 14.3 Å². The number of rotatable bonds is 6. The summed E-state index contributed by atoms with van der Waals surface area (Å²) in [5.41, 5.74) is 1.24. The molecule has 0 bridgehead atoms. The normalized spacial score (nSPS) is 12.9. The number of ether oxygens (including phenoxy) is 2. The van der Waals surface area contributed by atoms with Crippen LogP contribution in [-0.4, -0.2) is 24.9 Å². The number of hydrogen-bond acceptors (Lipinski definition) is 7. The van der Waals surface area contributed by atoms with Crippen molar-refractivity contribution in [3.63, 3.8) is 0 Å². The van der Waals surface area contributed by atoms with Crippen LogP contribution in [0, 0.1) is 22.7 Å². The SMILES string of the molecule is COc1ccc(C=C(C(=O)c2cccs2)N2C=CC=CC2=C(C#N)C#N)cc1OC. The molecule has 1 aliphatic rings. The van der Waals surface area contributed by atoms with Gasteiger partial charge >= 0.3 is 0 Å². The summed E-state index contributed by atoms with van der Waals surface area (Å²) < 4.78 is 10.6. The van der Waals surface area contributed by atoms with Crippen LogP contribution in [0.1, 0.15) is 15.2 Å². The summed E-state index contributed by atoms with van der Waals surface area (Å²) in [6.45, 7) is 0. The van der Waals surface area contributed by atoms with E-state index in [0.29, 0.717) is 33.3 Å². The summed E-state index contributed by atoms with van der Waals surface area (Å²) in [6, 6.07) is 12.6. The van der Waals surface area contributed by atoms with Gasteiger partial charge in [0.15, 0.2) is 17.1 Å². The molecule has 1 aromatic heterocycles. The lowest BCUT2D eigenvalue weighted by atomic mass is 10.1. The number of nitrogens with zero attached hydrogens (tertiary/aromatic N) is 3. The van der Waals surface area contributed by atoms with E-state index in [1.165, 1.54) is 18.4 Å². The molecule has 0 amide bonds. The molecule has 30 heavy (non-hydrogen) atoms. The van der Waals surface area contributed by atoms with Crippen LogP contribution in [0.2, 0.25) is 0 Å². The standard InChI is InChI=1S/C23H17N3O3S/c1-28-20-9-8-16(13-21(20)29-2)12-19(23(27)22-7-5-11-30-22)26-10-4-3-6-18(26)17(14-24)15-25/h3-13H,1-2H3. The van der Waals surface area contributed by atoms with E-state index in [0.717, 1.165) is 0 Å². The summed E-state index contributed by atoms with van der Waals surface area (Å²) in [6.07, 6.45) is 8.43. The van der Waals surface area contributed by atoms with Crippen LogP contribution >= 0.6 is 11.3 Å². The molecule has 0 aliphatic carbocycles. The highest BCUT2D eigenvalue weighted by molar-refractivity contribution is 7.12. The number of ketones is 1. The molecule has 0 saturated carbocycles. The molecule has 0 spiro atoms. The highest BCUT2D eigenvalue weighted by atomic mass is 32.1. The predicted octanol–water partition coefficient (Wildman–Crippen LogP) is 4.68. The first-order chi connectivity index (χ1) is 14.6. The number of nitriles is 2. The summed E-state index contributed by atoms with van der Waals surface area (Å²) in [7, 11) is 3.08. The summed E-state index contributed by atoms with van der Waals surface area (Å²) in [4.78, 5) is 15.4. The minimum atomic E-state index is -0.229. The topological polar surface area (TPSA) is 86.4 Å². The van der Waals surface area contributed by atoms with Crippen LogP contribution in [-0.2, 0) is 0 Å². The molecule has 3 rings (SSSR count). The van der Waals surface area contributed by atoms with Gasteiger partial charge in [0.25, 0.3) is 0 Å². The maximum Gasteiger partial charge on any atom is 0.219 e. The van der Waals surface area contributed by atoms with Crippen LogP contribution in [0.3, 0.4) is 0 Å². The lowest BCUT2D eigenvalue weighted by molar-refractivity contribution is 0.101. The lowest BCUT2D eigenvalue weighted by Gasteiger charge is -2.25. The number of carbonyl (C=O) groups is 1. The second kappa shape index (κ2) is 9.42. The van der Waals surface area contributed by atoms with Crippen molar-refractivity contribution in [2.45, 2.75) is 0 Å². The zero-order valence-corrected chi connectivity index (χ0v) is 17.1. The third-order valence-electron chi connectivity index (χ3n) is 4.29. The molecule has 1 aliphatic heterocycles. The Bertz CT molecular complexity index is 1140. The smallest absolute Gasteiger partial charge is 0.219 e. The molecule has 7 heteroatoms. The van der Waals surface area contributed by atoms with E-state index in [1.807, 2.05) is 17.5 Å². The Morgan fingerprint density at radius 3 is 2.50 bits per heavy atom. The zero-order valence-electron chi connectivity index (χ0n) is 16.3.